The van der Waals surface area contributed by atoms with E-state index in [0.717, 1.165) is 10.9 Å². The molecule has 0 unspecified atom stereocenters. The summed E-state index contributed by atoms with van der Waals surface area (Å²) >= 11 is 0. The van der Waals surface area contributed by atoms with E-state index in [1.165, 1.54) is 0 Å². The number of amides is 1. The summed E-state index contributed by atoms with van der Waals surface area (Å²) in [5.74, 6) is 0.853. The van der Waals surface area contributed by atoms with Gasteiger partial charge in [-0.25, -0.2) is 0 Å². The van der Waals surface area contributed by atoms with Gasteiger partial charge in [-0.05, 0) is 43.7 Å². The van der Waals surface area contributed by atoms with Crippen LogP contribution in [0.25, 0.3) is 11.0 Å². The molecule has 1 amide bonds. The molecule has 134 valence electrons. The molecule has 5 nitrogen and oxygen atoms in total. The van der Waals surface area contributed by atoms with Crippen LogP contribution in [0.2, 0.25) is 0 Å². The molecular formula is C21H21NO4. The van der Waals surface area contributed by atoms with Crippen LogP contribution in [0, 0.1) is 0 Å². The maximum absolute atomic E-state index is 12.3. The van der Waals surface area contributed by atoms with Crippen LogP contribution in [-0.2, 0) is 11.2 Å². The van der Waals surface area contributed by atoms with Gasteiger partial charge < -0.3 is 19.6 Å². The van der Waals surface area contributed by atoms with E-state index in [4.69, 9.17) is 9.15 Å². The summed E-state index contributed by atoms with van der Waals surface area (Å²) in [4.78, 5) is 12.3. The van der Waals surface area contributed by atoms with Gasteiger partial charge in [0.05, 0.1) is 12.3 Å². The molecule has 0 atom stereocenters. The van der Waals surface area contributed by atoms with Crippen LogP contribution >= 0.6 is 0 Å². The van der Waals surface area contributed by atoms with Crippen molar-refractivity contribution in [2.75, 3.05) is 6.61 Å². The number of ether oxygens (including phenoxy) is 1. The van der Waals surface area contributed by atoms with Gasteiger partial charge >= 0.3 is 0 Å². The van der Waals surface area contributed by atoms with Crippen molar-refractivity contribution in [3.63, 3.8) is 0 Å². The summed E-state index contributed by atoms with van der Waals surface area (Å²) in [6, 6.07) is 16.2. The quantitative estimate of drug-likeness (QED) is 0.647. The lowest BCUT2D eigenvalue weighted by Gasteiger charge is -2.11. The Morgan fingerprint density at radius 1 is 1.12 bits per heavy atom. The number of carbonyl (C=O) groups excluding carboxylic acids is 1. The predicted molar refractivity (Wildman–Crippen MR) is 99.8 cm³/mol. The molecule has 0 aliphatic carbocycles. The fourth-order valence-electron chi connectivity index (χ4n) is 2.51. The minimum absolute atomic E-state index is 0.245. The number of para-hydroxylation sites is 1. The van der Waals surface area contributed by atoms with E-state index in [1.54, 1.807) is 25.1 Å². The van der Waals surface area contributed by atoms with Gasteiger partial charge in [0.1, 0.15) is 17.1 Å². The highest BCUT2D eigenvalue weighted by atomic mass is 16.5. The molecule has 1 aromatic heterocycles. The second kappa shape index (κ2) is 7.78. The number of fused-ring (bicyclic) bond motifs is 1. The summed E-state index contributed by atoms with van der Waals surface area (Å²) in [7, 11) is 0. The molecule has 0 saturated carbocycles. The van der Waals surface area contributed by atoms with Gasteiger partial charge in [-0.15, -0.1) is 0 Å². The van der Waals surface area contributed by atoms with Crippen LogP contribution in [0.1, 0.15) is 30.0 Å². The third-order valence-electron chi connectivity index (χ3n) is 4.12. The zero-order chi connectivity index (χ0) is 18.5. The molecule has 0 fully saturated rings. The lowest BCUT2D eigenvalue weighted by Crippen LogP contribution is -2.22. The number of nitrogens with one attached hydrogen (secondary N) is 1. The Bertz CT molecular complexity index is 905. The number of rotatable bonds is 6. The molecular weight excluding hydrogens is 330 g/mol. The maximum atomic E-state index is 12.3. The monoisotopic (exact) mass is 351 g/mol. The predicted octanol–water partition coefficient (Wildman–Crippen LogP) is 4.38. The van der Waals surface area contributed by atoms with Gasteiger partial charge in [-0.1, -0.05) is 30.3 Å². The van der Waals surface area contributed by atoms with Crippen LogP contribution < -0.4 is 5.32 Å². The standard InChI is InChI=1S/C21H21NO4/c1-14(15(2)25-12-11-16-7-9-18(23)10-8-16)22-21(24)20-13-17-5-3-4-6-19(17)26-20/h3-10,13,23H,11-12H2,1-2H3,(H,22,24)/b15-14-. The van der Waals surface area contributed by atoms with Crippen LogP contribution in [-0.4, -0.2) is 17.6 Å². The number of carbonyl (C=O) groups is 1. The molecule has 0 bridgehead atoms. The fraction of sp³-hybridized carbons (Fsp3) is 0.190. The number of hydrogen-bond donors (Lipinski definition) is 2. The minimum atomic E-state index is -0.305. The van der Waals surface area contributed by atoms with E-state index in [-0.39, 0.29) is 17.4 Å². The molecule has 0 saturated heterocycles. The number of benzene rings is 2. The Labute approximate surface area is 151 Å². The highest BCUT2D eigenvalue weighted by Crippen LogP contribution is 2.19. The molecule has 0 radical (unpaired) electrons. The highest BCUT2D eigenvalue weighted by Gasteiger charge is 2.13. The van der Waals surface area contributed by atoms with Gasteiger partial charge in [0.2, 0.25) is 0 Å². The largest absolute Gasteiger partial charge is 0.508 e. The summed E-state index contributed by atoms with van der Waals surface area (Å²) in [5.41, 5.74) is 2.39. The smallest absolute Gasteiger partial charge is 0.291 e. The van der Waals surface area contributed by atoms with E-state index < -0.39 is 0 Å². The number of aromatic hydroxyl groups is 1. The molecule has 1 heterocycles. The first-order valence-corrected chi connectivity index (χ1v) is 8.41. The SMILES string of the molecule is C/C(NC(=O)c1cc2ccccc2o1)=C(\C)OCCc1ccc(O)cc1. The fourth-order valence-corrected chi connectivity index (χ4v) is 2.51. The lowest BCUT2D eigenvalue weighted by molar-refractivity contribution is 0.0936. The van der Waals surface area contributed by atoms with Crippen molar-refractivity contribution >= 4 is 16.9 Å². The first-order valence-electron chi connectivity index (χ1n) is 8.41. The number of phenolic OH excluding ortho intramolecular Hbond substituents is 1. The van der Waals surface area contributed by atoms with Gasteiger partial charge in [0.15, 0.2) is 5.76 Å². The Balaban J connectivity index is 1.57. The van der Waals surface area contributed by atoms with Crippen LogP contribution in [0.3, 0.4) is 0 Å². The summed E-state index contributed by atoms with van der Waals surface area (Å²) in [5, 5.41) is 13.0. The van der Waals surface area contributed by atoms with Gasteiger partial charge in [-0.3, -0.25) is 4.79 Å². The lowest BCUT2D eigenvalue weighted by atomic mass is 10.1. The number of hydrogen-bond acceptors (Lipinski definition) is 4. The summed E-state index contributed by atoms with van der Waals surface area (Å²) in [6.07, 6.45) is 0.711. The van der Waals surface area contributed by atoms with Gasteiger partial charge in [-0.2, -0.15) is 0 Å². The third kappa shape index (κ3) is 4.25. The summed E-state index contributed by atoms with van der Waals surface area (Å²) in [6.45, 7) is 4.08. The topological polar surface area (TPSA) is 71.7 Å². The van der Waals surface area contributed by atoms with Crippen molar-refractivity contribution in [3.05, 3.63) is 77.4 Å². The average molecular weight is 351 g/mol. The van der Waals surface area contributed by atoms with Crippen LogP contribution in [0.4, 0.5) is 0 Å². The molecule has 0 aliphatic heterocycles. The third-order valence-corrected chi connectivity index (χ3v) is 4.12. The van der Waals surface area contributed by atoms with Crippen LogP contribution in [0.15, 0.2) is 70.5 Å². The number of allylic oxidation sites excluding steroid dienone is 2. The molecule has 2 N–H and O–H groups in total. The van der Waals surface area contributed by atoms with E-state index >= 15 is 0 Å². The van der Waals surface area contributed by atoms with E-state index in [9.17, 15) is 9.90 Å². The Morgan fingerprint density at radius 2 is 1.85 bits per heavy atom. The first kappa shape index (κ1) is 17.6. The van der Waals surface area contributed by atoms with E-state index in [0.29, 0.717) is 30.1 Å². The maximum Gasteiger partial charge on any atom is 0.291 e. The molecule has 5 heteroatoms. The molecule has 0 aliphatic rings. The molecule has 26 heavy (non-hydrogen) atoms. The Hall–Kier alpha value is -3.21. The van der Waals surface area contributed by atoms with Crippen molar-refractivity contribution in [2.24, 2.45) is 0 Å². The first-order chi connectivity index (χ1) is 12.5. The van der Waals surface area contributed by atoms with Crippen molar-refractivity contribution in [1.29, 1.82) is 0 Å². The number of phenols is 1. The van der Waals surface area contributed by atoms with E-state index in [1.807, 2.05) is 43.3 Å². The zero-order valence-corrected chi connectivity index (χ0v) is 14.8. The van der Waals surface area contributed by atoms with Crippen molar-refractivity contribution in [3.8, 4) is 5.75 Å². The zero-order valence-electron chi connectivity index (χ0n) is 14.8. The van der Waals surface area contributed by atoms with Crippen molar-refractivity contribution in [1.82, 2.24) is 5.32 Å². The molecule has 3 rings (SSSR count). The Kier molecular flexibility index (Phi) is 5.27. The second-order valence-electron chi connectivity index (χ2n) is 6.05. The normalized spacial score (nSPS) is 11.9. The van der Waals surface area contributed by atoms with Crippen LogP contribution in [0.5, 0.6) is 5.75 Å². The second-order valence-corrected chi connectivity index (χ2v) is 6.05. The number of furan rings is 1. The van der Waals surface area contributed by atoms with Crippen molar-refractivity contribution in [2.45, 2.75) is 20.3 Å². The van der Waals surface area contributed by atoms with E-state index in [2.05, 4.69) is 5.32 Å². The Morgan fingerprint density at radius 3 is 2.58 bits per heavy atom. The molecule has 3 aromatic rings. The van der Waals surface area contributed by atoms with Gasteiger partial charge in [0, 0.05) is 11.8 Å². The van der Waals surface area contributed by atoms with Crippen molar-refractivity contribution < 1.29 is 19.1 Å². The average Bonchev–Trinajstić information content (AvgIpc) is 3.07. The minimum Gasteiger partial charge on any atom is -0.508 e. The highest BCUT2D eigenvalue weighted by molar-refractivity contribution is 5.96. The summed E-state index contributed by atoms with van der Waals surface area (Å²) < 4.78 is 11.3. The molecule has 0 spiro atoms. The van der Waals surface area contributed by atoms with Gasteiger partial charge in [0.25, 0.3) is 5.91 Å². The molecule has 2 aromatic carbocycles.